The molecule has 1 heterocycles. The Morgan fingerprint density at radius 2 is 2.00 bits per heavy atom. The lowest BCUT2D eigenvalue weighted by Crippen LogP contribution is -2.46. The summed E-state index contributed by atoms with van der Waals surface area (Å²) in [5.41, 5.74) is 0.352. The number of hydrogen-bond donors (Lipinski definition) is 1. The van der Waals surface area contributed by atoms with Gasteiger partial charge in [-0.15, -0.1) is 0 Å². The van der Waals surface area contributed by atoms with Gasteiger partial charge in [0.15, 0.2) is 0 Å². The molecule has 0 fully saturated rings. The van der Waals surface area contributed by atoms with Gasteiger partial charge in [-0.3, -0.25) is 9.78 Å². The van der Waals surface area contributed by atoms with Crippen molar-refractivity contribution in [3.63, 3.8) is 0 Å². The smallest absolute Gasteiger partial charge is 0.254 e. The number of aromatic nitrogens is 1. The van der Waals surface area contributed by atoms with Gasteiger partial charge >= 0.3 is 0 Å². The minimum absolute atomic E-state index is 0.250. The lowest BCUT2D eigenvalue weighted by molar-refractivity contribution is 0.0917. The molecule has 20 heavy (non-hydrogen) atoms. The third-order valence-corrected chi connectivity index (χ3v) is 3.65. The van der Waals surface area contributed by atoms with Gasteiger partial charge in [-0.1, -0.05) is 32.0 Å². The standard InChI is InChI=1S/C16H17N3O/c1-3-16(4-2,11-17)19-15(20)13-9-5-7-12-8-6-10-18-14(12)13/h5-10H,3-4H2,1-2H3,(H,19,20). The van der Waals surface area contributed by atoms with Gasteiger partial charge in [0.25, 0.3) is 5.91 Å². The average molecular weight is 267 g/mol. The van der Waals surface area contributed by atoms with E-state index in [2.05, 4.69) is 16.4 Å². The number of hydrogen-bond acceptors (Lipinski definition) is 3. The highest BCUT2D eigenvalue weighted by Gasteiger charge is 2.28. The van der Waals surface area contributed by atoms with Crippen molar-refractivity contribution in [2.45, 2.75) is 32.2 Å². The Kier molecular flexibility index (Phi) is 3.99. The van der Waals surface area contributed by atoms with Crippen molar-refractivity contribution >= 4 is 16.8 Å². The van der Waals surface area contributed by atoms with Gasteiger partial charge in [0.05, 0.1) is 17.1 Å². The number of amides is 1. The minimum Gasteiger partial charge on any atom is -0.334 e. The van der Waals surface area contributed by atoms with Gasteiger partial charge in [0.2, 0.25) is 0 Å². The van der Waals surface area contributed by atoms with Crippen LogP contribution in [0.25, 0.3) is 10.9 Å². The van der Waals surface area contributed by atoms with Crippen LogP contribution in [-0.2, 0) is 0 Å². The minimum atomic E-state index is -0.811. The van der Waals surface area contributed by atoms with E-state index >= 15 is 0 Å². The van der Waals surface area contributed by atoms with Crippen LogP contribution in [0, 0.1) is 11.3 Å². The molecule has 0 spiro atoms. The Labute approximate surface area is 118 Å². The largest absolute Gasteiger partial charge is 0.334 e. The van der Waals surface area contributed by atoms with E-state index in [0.29, 0.717) is 23.9 Å². The van der Waals surface area contributed by atoms with Crippen LogP contribution < -0.4 is 5.32 Å². The average Bonchev–Trinajstić information content (AvgIpc) is 2.52. The van der Waals surface area contributed by atoms with Crippen molar-refractivity contribution < 1.29 is 4.79 Å². The molecular weight excluding hydrogens is 250 g/mol. The lowest BCUT2D eigenvalue weighted by atomic mass is 9.94. The number of pyridine rings is 1. The van der Waals surface area contributed by atoms with Crippen molar-refractivity contribution in [2.75, 3.05) is 0 Å². The predicted molar refractivity (Wildman–Crippen MR) is 78.1 cm³/mol. The zero-order valence-corrected chi connectivity index (χ0v) is 11.7. The first kappa shape index (κ1) is 14.0. The van der Waals surface area contributed by atoms with Crippen molar-refractivity contribution in [2.24, 2.45) is 0 Å². The summed E-state index contributed by atoms with van der Waals surface area (Å²) in [4.78, 5) is 16.7. The third-order valence-electron chi connectivity index (χ3n) is 3.65. The summed E-state index contributed by atoms with van der Waals surface area (Å²) in [6.07, 6.45) is 2.81. The van der Waals surface area contributed by atoms with Crippen LogP contribution in [0.1, 0.15) is 37.0 Å². The molecule has 0 atom stereocenters. The van der Waals surface area contributed by atoms with Gasteiger partial charge in [0, 0.05) is 11.6 Å². The maximum Gasteiger partial charge on any atom is 0.254 e. The molecule has 1 aromatic carbocycles. The molecule has 2 aromatic rings. The first-order valence-electron chi connectivity index (χ1n) is 6.73. The van der Waals surface area contributed by atoms with Gasteiger partial charge in [-0.2, -0.15) is 5.26 Å². The molecule has 0 aliphatic heterocycles. The number of para-hydroxylation sites is 1. The number of nitrogens with zero attached hydrogens (tertiary/aromatic N) is 2. The van der Waals surface area contributed by atoms with E-state index in [4.69, 9.17) is 0 Å². The Bertz CT molecular complexity index is 663. The molecular formula is C16H17N3O. The zero-order valence-electron chi connectivity index (χ0n) is 11.7. The van der Waals surface area contributed by atoms with Gasteiger partial charge < -0.3 is 5.32 Å². The van der Waals surface area contributed by atoms with Crippen molar-refractivity contribution in [3.8, 4) is 6.07 Å². The SMILES string of the molecule is CCC(C#N)(CC)NC(=O)c1cccc2cccnc12. The Balaban J connectivity index is 2.40. The predicted octanol–water partition coefficient (Wildman–Crippen LogP) is 3.05. The third kappa shape index (κ3) is 2.48. The normalized spacial score (nSPS) is 11.1. The second-order valence-corrected chi connectivity index (χ2v) is 4.74. The topological polar surface area (TPSA) is 65.8 Å². The van der Waals surface area contributed by atoms with Crippen LogP contribution in [0.2, 0.25) is 0 Å². The number of benzene rings is 1. The van der Waals surface area contributed by atoms with E-state index in [-0.39, 0.29) is 5.91 Å². The summed E-state index contributed by atoms with van der Waals surface area (Å²) >= 11 is 0. The number of nitriles is 1. The number of carbonyl (C=O) groups is 1. The molecule has 0 unspecified atom stereocenters. The summed E-state index contributed by atoms with van der Waals surface area (Å²) in [6, 6.07) is 11.4. The first-order valence-corrected chi connectivity index (χ1v) is 6.73. The summed E-state index contributed by atoms with van der Waals surface area (Å²) in [6.45, 7) is 3.79. The fourth-order valence-electron chi connectivity index (χ4n) is 2.18. The zero-order chi connectivity index (χ0) is 14.6. The maximum absolute atomic E-state index is 12.4. The Morgan fingerprint density at radius 3 is 2.65 bits per heavy atom. The molecule has 0 radical (unpaired) electrons. The lowest BCUT2D eigenvalue weighted by Gasteiger charge is -2.25. The molecule has 102 valence electrons. The highest BCUT2D eigenvalue weighted by atomic mass is 16.1. The molecule has 0 aliphatic carbocycles. The van der Waals surface area contributed by atoms with Gasteiger partial charge in [-0.05, 0) is 25.0 Å². The number of carbonyl (C=O) groups excluding carboxylic acids is 1. The first-order chi connectivity index (χ1) is 9.65. The van der Waals surface area contributed by atoms with E-state index in [0.717, 1.165) is 5.39 Å². The van der Waals surface area contributed by atoms with Crippen LogP contribution in [0.15, 0.2) is 36.5 Å². The number of fused-ring (bicyclic) bond motifs is 1. The molecule has 0 bridgehead atoms. The Hall–Kier alpha value is -2.41. The fraction of sp³-hybridized carbons (Fsp3) is 0.312. The van der Waals surface area contributed by atoms with E-state index in [1.165, 1.54) is 0 Å². The number of rotatable bonds is 4. The highest BCUT2D eigenvalue weighted by Crippen LogP contribution is 2.19. The van der Waals surface area contributed by atoms with Crippen LogP contribution >= 0.6 is 0 Å². The van der Waals surface area contributed by atoms with E-state index in [1.54, 1.807) is 12.3 Å². The van der Waals surface area contributed by atoms with E-state index in [9.17, 15) is 10.1 Å². The molecule has 0 aliphatic rings. The van der Waals surface area contributed by atoms with Crippen molar-refractivity contribution in [1.29, 1.82) is 5.26 Å². The second kappa shape index (κ2) is 5.70. The maximum atomic E-state index is 12.4. The van der Waals surface area contributed by atoms with Gasteiger partial charge in [0.1, 0.15) is 5.54 Å². The van der Waals surface area contributed by atoms with Crippen LogP contribution in [-0.4, -0.2) is 16.4 Å². The van der Waals surface area contributed by atoms with Crippen molar-refractivity contribution in [3.05, 3.63) is 42.1 Å². The van der Waals surface area contributed by atoms with Gasteiger partial charge in [-0.25, -0.2) is 0 Å². The van der Waals surface area contributed by atoms with E-state index < -0.39 is 5.54 Å². The second-order valence-electron chi connectivity index (χ2n) is 4.74. The van der Waals surface area contributed by atoms with Crippen LogP contribution in [0.5, 0.6) is 0 Å². The molecule has 1 N–H and O–H groups in total. The summed E-state index contributed by atoms with van der Waals surface area (Å²) < 4.78 is 0. The quantitative estimate of drug-likeness (QED) is 0.925. The molecule has 4 heteroatoms. The molecule has 1 aromatic heterocycles. The molecule has 1 amide bonds. The fourth-order valence-corrected chi connectivity index (χ4v) is 2.18. The molecule has 0 saturated carbocycles. The van der Waals surface area contributed by atoms with Crippen molar-refractivity contribution in [1.82, 2.24) is 10.3 Å². The highest BCUT2D eigenvalue weighted by molar-refractivity contribution is 6.05. The molecule has 2 rings (SSSR count). The molecule has 4 nitrogen and oxygen atoms in total. The number of nitrogens with one attached hydrogen (secondary N) is 1. The summed E-state index contributed by atoms with van der Waals surface area (Å²) in [7, 11) is 0. The molecule has 0 saturated heterocycles. The summed E-state index contributed by atoms with van der Waals surface area (Å²) in [5.74, 6) is -0.250. The Morgan fingerprint density at radius 1 is 1.30 bits per heavy atom. The van der Waals surface area contributed by atoms with Crippen LogP contribution in [0.4, 0.5) is 0 Å². The van der Waals surface area contributed by atoms with E-state index in [1.807, 2.05) is 38.1 Å². The summed E-state index contributed by atoms with van der Waals surface area (Å²) in [5, 5.41) is 13.1. The van der Waals surface area contributed by atoms with Crippen LogP contribution in [0.3, 0.4) is 0 Å². The monoisotopic (exact) mass is 267 g/mol.